The van der Waals surface area contributed by atoms with Crippen molar-refractivity contribution in [3.05, 3.63) is 11.1 Å². The van der Waals surface area contributed by atoms with Crippen LogP contribution in [0.2, 0.25) is 0 Å². The van der Waals surface area contributed by atoms with E-state index in [9.17, 15) is 0 Å². The molecule has 0 radical (unpaired) electrons. The van der Waals surface area contributed by atoms with E-state index in [1.807, 2.05) is 0 Å². The summed E-state index contributed by atoms with van der Waals surface area (Å²) in [6.45, 7) is 1.72. The molecule has 0 saturated carbocycles. The second-order valence-electron chi connectivity index (χ2n) is 0.951. The molecule has 0 aliphatic heterocycles. The van der Waals surface area contributed by atoms with Gasteiger partial charge in [-0.05, 0) is 6.92 Å². The Bertz CT molecular complexity index is 106. The number of rotatable bonds is 1. The first-order chi connectivity index (χ1) is 3.18. The number of halogens is 2. The monoisotopic (exact) mass is 137 g/mol. The summed E-state index contributed by atoms with van der Waals surface area (Å²) in [4.78, 5) is 0. The van der Waals surface area contributed by atoms with Crippen molar-refractivity contribution in [2.45, 2.75) is 6.92 Å². The maximum Gasteiger partial charge on any atom is 0.139 e. The molecule has 0 fully saturated rings. The normalized spacial score (nSPS) is 11.6. The molecular formula is C4H5Cl2N. The molecule has 0 spiro atoms. The van der Waals surface area contributed by atoms with Crippen LogP contribution in [0.4, 0.5) is 0 Å². The van der Waals surface area contributed by atoms with Gasteiger partial charge in [-0.2, -0.15) is 0 Å². The summed E-state index contributed by atoms with van der Waals surface area (Å²) >= 11 is 10.4. The van der Waals surface area contributed by atoms with Crippen LogP contribution in [-0.4, -0.2) is 5.17 Å². The van der Waals surface area contributed by atoms with Crippen molar-refractivity contribution in [3.8, 4) is 0 Å². The summed E-state index contributed by atoms with van der Waals surface area (Å²) < 4.78 is 0. The molecule has 0 aliphatic rings. The van der Waals surface area contributed by atoms with Gasteiger partial charge in [0.15, 0.2) is 0 Å². The zero-order valence-electron chi connectivity index (χ0n) is 3.83. The first-order valence-corrected chi connectivity index (χ1v) is 2.50. The van der Waals surface area contributed by atoms with E-state index in [1.165, 1.54) is 0 Å². The van der Waals surface area contributed by atoms with Crippen molar-refractivity contribution in [3.63, 3.8) is 0 Å². The van der Waals surface area contributed by atoms with Gasteiger partial charge in [-0.25, -0.2) is 0 Å². The fraction of sp³-hybridized carbons (Fsp3) is 0.250. The molecule has 0 unspecified atom stereocenters. The Hall–Kier alpha value is -0.0100. The lowest BCUT2D eigenvalue weighted by atomic mass is 10.5. The molecule has 0 amide bonds. The van der Waals surface area contributed by atoms with Crippen LogP contribution in [0.3, 0.4) is 0 Å². The maximum absolute atomic E-state index is 6.67. The van der Waals surface area contributed by atoms with Gasteiger partial charge in [0.2, 0.25) is 0 Å². The summed E-state index contributed by atoms with van der Waals surface area (Å²) in [5.41, 5.74) is 0. The molecular weight excluding hydrogens is 133 g/mol. The van der Waals surface area contributed by atoms with Gasteiger partial charge in [-0.3, -0.25) is 5.41 Å². The molecule has 0 saturated heterocycles. The van der Waals surface area contributed by atoms with E-state index < -0.39 is 0 Å². The van der Waals surface area contributed by atoms with Gasteiger partial charge in [0.25, 0.3) is 0 Å². The van der Waals surface area contributed by atoms with Gasteiger partial charge in [-0.15, -0.1) is 0 Å². The molecule has 0 rings (SSSR count). The van der Waals surface area contributed by atoms with Crippen LogP contribution in [0.1, 0.15) is 6.92 Å². The maximum atomic E-state index is 6.67. The van der Waals surface area contributed by atoms with Crippen LogP contribution in [0, 0.1) is 5.41 Å². The Morgan fingerprint density at radius 1 is 1.57 bits per heavy atom. The standard InChI is InChI=1S/C4H5Cl2N/c1-2-3(5)4(6)7/h2,7H,1H3/b3-2+,7-4?. The summed E-state index contributed by atoms with van der Waals surface area (Å²) in [6.07, 6.45) is 1.57. The van der Waals surface area contributed by atoms with Crippen molar-refractivity contribution in [1.82, 2.24) is 0 Å². The smallest absolute Gasteiger partial charge is 0.139 e. The van der Waals surface area contributed by atoms with Gasteiger partial charge in [0.05, 0.1) is 5.03 Å². The minimum absolute atomic E-state index is 0.107. The van der Waals surface area contributed by atoms with Gasteiger partial charge < -0.3 is 0 Å². The Morgan fingerprint density at radius 2 is 2.00 bits per heavy atom. The SMILES string of the molecule is C/C=C(/Cl)C(=N)Cl. The molecule has 0 heterocycles. The highest BCUT2D eigenvalue weighted by Gasteiger charge is 1.90. The van der Waals surface area contributed by atoms with Gasteiger partial charge in [-0.1, -0.05) is 29.3 Å². The van der Waals surface area contributed by atoms with E-state index in [2.05, 4.69) is 0 Å². The fourth-order valence-corrected chi connectivity index (χ4v) is 0.236. The average Bonchev–Trinajstić information content (AvgIpc) is 1.65. The van der Waals surface area contributed by atoms with E-state index in [1.54, 1.807) is 13.0 Å². The topological polar surface area (TPSA) is 23.9 Å². The largest absolute Gasteiger partial charge is 0.288 e. The van der Waals surface area contributed by atoms with Gasteiger partial charge in [0, 0.05) is 0 Å². The molecule has 1 nitrogen and oxygen atoms in total. The van der Waals surface area contributed by atoms with Crippen molar-refractivity contribution in [1.29, 1.82) is 5.41 Å². The first-order valence-electron chi connectivity index (χ1n) is 1.74. The third-order valence-electron chi connectivity index (χ3n) is 0.463. The molecule has 7 heavy (non-hydrogen) atoms. The predicted octanol–water partition coefficient (Wildman–Crippen LogP) is 2.35. The van der Waals surface area contributed by atoms with Crippen molar-refractivity contribution in [2.24, 2.45) is 0 Å². The summed E-state index contributed by atoms with van der Waals surface area (Å²) in [7, 11) is 0. The molecule has 0 aromatic rings. The van der Waals surface area contributed by atoms with Crippen LogP contribution in [0.5, 0.6) is 0 Å². The fourth-order valence-electron chi connectivity index (χ4n) is 0.127. The minimum atomic E-state index is -0.107. The molecule has 1 N–H and O–H groups in total. The molecule has 0 atom stereocenters. The van der Waals surface area contributed by atoms with Crippen molar-refractivity contribution >= 4 is 28.4 Å². The summed E-state index contributed by atoms with van der Waals surface area (Å²) in [5.74, 6) is 0. The highest BCUT2D eigenvalue weighted by molar-refractivity contribution is 6.75. The van der Waals surface area contributed by atoms with Crippen molar-refractivity contribution < 1.29 is 0 Å². The Labute approximate surface area is 52.4 Å². The van der Waals surface area contributed by atoms with Crippen LogP contribution in [0.25, 0.3) is 0 Å². The zero-order chi connectivity index (χ0) is 5.86. The molecule has 3 heteroatoms. The number of nitrogens with one attached hydrogen (secondary N) is 1. The Morgan fingerprint density at radius 3 is 2.00 bits per heavy atom. The number of hydrogen-bond acceptors (Lipinski definition) is 1. The zero-order valence-corrected chi connectivity index (χ0v) is 5.35. The van der Waals surface area contributed by atoms with Gasteiger partial charge in [0.1, 0.15) is 5.17 Å². The average molecular weight is 138 g/mol. The number of allylic oxidation sites excluding steroid dienone is 2. The van der Waals surface area contributed by atoms with E-state index >= 15 is 0 Å². The summed E-state index contributed by atoms with van der Waals surface area (Å²) in [5, 5.41) is 6.85. The van der Waals surface area contributed by atoms with E-state index in [-0.39, 0.29) is 5.17 Å². The lowest BCUT2D eigenvalue weighted by molar-refractivity contribution is 1.55. The third-order valence-corrected chi connectivity index (χ3v) is 1.17. The lowest BCUT2D eigenvalue weighted by Crippen LogP contribution is -1.79. The van der Waals surface area contributed by atoms with Gasteiger partial charge >= 0.3 is 0 Å². The highest BCUT2D eigenvalue weighted by atomic mass is 35.5. The molecule has 0 bridgehead atoms. The predicted molar refractivity (Wildman–Crippen MR) is 33.2 cm³/mol. The van der Waals surface area contributed by atoms with Crippen LogP contribution >= 0.6 is 23.2 Å². The van der Waals surface area contributed by atoms with Crippen LogP contribution < -0.4 is 0 Å². The highest BCUT2D eigenvalue weighted by Crippen LogP contribution is 2.04. The molecule has 0 aromatic heterocycles. The van der Waals surface area contributed by atoms with E-state index in [0.29, 0.717) is 5.03 Å². The second kappa shape index (κ2) is 3.05. The quantitative estimate of drug-likeness (QED) is 0.537. The molecule has 0 aromatic carbocycles. The Kier molecular flexibility index (Phi) is 3.05. The second-order valence-corrected chi connectivity index (χ2v) is 1.74. The van der Waals surface area contributed by atoms with E-state index in [0.717, 1.165) is 0 Å². The molecule has 40 valence electrons. The third kappa shape index (κ3) is 2.66. The summed E-state index contributed by atoms with van der Waals surface area (Å²) in [6, 6.07) is 0. The van der Waals surface area contributed by atoms with Crippen LogP contribution in [0.15, 0.2) is 11.1 Å². The van der Waals surface area contributed by atoms with E-state index in [4.69, 9.17) is 28.6 Å². The number of hydrogen-bond donors (Lipinski definition) is 1. The molecule has 0 aliphatic carbocycles. The van der Waals surface area contributed by atoms with Crippen LogP contribution in [-0.2, 0) is 0 Å². The van der Waals surface area contributed by atoms with Crippen molar-refractivity contribution in [2.75, 3.05) is 0 Å². The first kappa shape index (κ1) is 6.99. The Balaban J connectivity index is 3.82. The minimum Gasteiger partial charge on any atom is -0.288 e. The lowest BCUT2D eigenvalue weighted by Gasteiger charge is -1.83.